The fourth-order valence-corrected chi connectivity index (χ4v) is 4.98. The highest BCUT2D eigenvalue weighted by Gasteiger charge is 2.40. The Bertz CT molecular complexity index is 583. The molecule has 0 aliphatic heterocycles. The van der Waals surface area contributed by atoms with Crippen molar-refractivity contribution in [1.82, 2.24) is 0 Å². The van der Waals surface area contributed by atoms with Crippen LogP contribution in [0, 0.1) is 27.9 Å². The van der Waals surface area contributed by atoms with E-state index >= 15 is 0 Å². The van der Waals surface area contributed by atoms with Crippen molar-refractivity contribution in [1.29, 1.82) is 0 Å². The maximum atomic E-state index is 11.5. The molecule has 1 aromatic heterocycles. The van der Waals surface area contributed by atoms with Crippen LogP contribution >= 0.6 is 11.3 Å². The molecule has 0 radical (unpaired) electrons. The lowest BCUT2D eigenvalue weighted by Gasteiger charge is -2.27. The van der Waals surface area contributed by atoms with Gasteiger partial charge in [0.1, 0.15) is 0 Å². The van der Waals surface area contributed by atoms with Gasteiger partial charge in [-0.2, -0.15) is 0 Å². The summed E-state index contributed by atoms with van der Waals surface area (Å²) in [7, 11) is 1.91. The van der Waals surface area contributed by atoms with E-state index < -0.39 is 0 Å². The van der Waals surface area contributed by atoms with Gasteiger partial charge in [-0.1, -0.05) is 6.42 Å². The Morgan fingerprint density at radius 2 is 2.24 bits per heavy atom. The van der Waals surface area contributed by atoms with Gasteiger partial charge in [-0.05, 0) is 43.9 Å². The van der Waals surface area contributed by atoms with E-state index in [0.29, 0.717) is 15.8 Å². The lowest BCUT2D eigenvalue weighted by molar-refractivity contribution is -0.383. The molecule has 0 N–H and O–H groups in total. The molecule has 0 saturated heterocycles. The zero-order valence-corrected chi connectivity index (χ0v) is 13.2. The summed E-state index contributed by atoms with van der Waals surface area (Å²) in [6, 6.07) is 1.42. The van der Waals surface area contributed by atoms with Crippen LogP contribution in [0.5, 0.6) is 0 Å². The number of rotatable bonds is 5. The zero-order valence-electron chi connectivity index (χ0n) is 12.4. The lowest BCUT2D eigenvalue weighted by atomic mass is 9.88. The van der Waals surface area contributed by atoms with Crippen molar-refractivity contribution < 1.29 is 9.72 Å². The molecular formula is C15H20N2O3S. The molecule has 1 aromatic rings. The van der Waals surface area contributed by atoms with E-state index in [1.54, 1.807) is 0 Å². The van der Waals surface area contributed by atoms with Crippen molar-refractivity contribution in [3.05, 3.63) is 21.1 Å². The number of anilines is 1. The number of hydrogen-bond donors (Lipinski definition) is 0. The van der Waals surface area contributed by atoms with E-state index in [-0.39, 0.29) is 16.4 Å². The third-order valence-electron chi connectivity index (χ3n) is 4.98. The number of ketones is 1. The highest BCUT2D eigenvalue weighted by Crippen LogP contribution is 2.49. The minimum absolute atomic E-state index is 0.0656. The second-order valence-electron chi connectivity index (χ2n) is 6.43. The first kappa shape index (κ1) is 14.5. The lowest BCUT2D eigenvalue weighted by Crippen LogP contribution is -2.28. The molecule has 1 heterocycles. The van der Waals surface area contributed by atoms with Crippen LogP contribution in [0.1, 0.15) is 42.3 Å². The molecule has 6 heteroatoms. The fourth-order valence-electron chi connectivity index (χ4n) is 3.98. The third kappa shape index (κ3) is 2.69. The molecule has 2 aliphatic carbocycles. The third-order valence-corrected chi connectivity index (χ3v) is 6.32. The average Bonchev–Trinajstić information content (AvgIpc) is 3.12. The van der Waals surface area contributed by atoms with Crippen molar-refractivity contribution in [2.45, 2.75) is 32.6 Å². The number of Topliss-reactive ketones (excluding diaryl/α,β-unsaturated/α-hetero) is 1. The molecule has 0 aromatic carbocycles. The van der Waals surface area contributed by atoms with Gasteiger partial charge in [0.2, 0.25) is 0 Å². The van der Waals surface area contributed by atoms with Gasteiger partial charge in [-0.25, -0.2) is 0 Å². The number of carbonyl (C=O) groups is 1. The molecule has 3 unspecified atom stereocenters. The summed E-state index contributed by atoms with van der Waals surface area (Å²) in [6.07, 6.45) is 5.27. The molecule has 2 bridgehead atoms. The van der Waals surface area contributed by atoms with Gasteiger partial charge in [0.15, 0.2) is 10.8 Å². The Balaban J connectivity index is 1.78. The van der Waals surface area contributed by atoms with Crippen molar-refractivity contribution >= 4 is 27.8 Å². The first-order valence-electron chi connectivity index (χ1n) is 7.46. The van der Waals surface area contributed by atoms with Gasteiger partial charge in [0, 0.05) is 19.7 Å². The second kappa shape index (κ2) is 5.40. The number of carbonyl (C=O) groups excluding carboxylic acids is 1. The number of nitrogens with zero attached hydrogens (tertiary/aromatic N) is 2. The predicted molar refractivity (Wildman–Crippen MR) is 83.2 cm³/mol. The van der Waals surface area contributed by atoms with Crippen molar-refractivity contribution in [2.24, 2.45) is 17.8 Å². The maximum absolute atomic E-state index is 11.5. The van der Waals surface area contributed by atoms with Gasteiger partial charge in [-0.3, -0.25) is 14.9 Å². The summed E-state index contributed by atoms with van der Waals surface area (Å²) in [5, 5.41) is 11.8. The quantitative estimate of drug-likeness (QED) is 0.472. The first-order chi connectivity index (χ1) is 9.95. The number of hydrogen-bond acceptors (Lipinski definition) is 5. The van der Waals surface area contributed by atoms with Crippen LogP contribution in [0.4, 0.5) is 10.7 Å². The standard InChI is InChI=1S/C15H20N2O3S/c1-9(18)14-7-13(17(19)20)15(21-14)16(2)8-12-6-10-3-4-11(12)5-10/h7,10-12H,3-6,8H2,1-2H3. The van der Waals surface area contributed by atoms with Crippen LogP contribution in [0.15, 0.2) is 6.07 Å². The van der Waals surface area contributed by atoms with Gasteiger partial charge in [0.25, 0.3) is 0 Å². The SMILES string of the molecule is CC(=O)c1cc([N+](=O)[O-])c(N(C)CC2CC3CCC2C3)s1. The summed E-state index contributed by atoms with van der Waals surface area (Å²) in [4.78, 5) is 24.8. The summed E-state index contributed by atoms with van der Waals surface area (Å²) < 4.78 is 0. The van der Waals surface area contributed by atoms with Crippen LogP contribution in [0.25, 0.3) is 0 Å². The minimum atomic E-state index is -0.379. The van der Waals surface area contributed by atoms with E-state index in [0.717, 1.165) is 18.4 Å². The highest BCUT2D eigenvalue weighted by molar-refractivity contribution is 7.18. The molecule has 0 amide bonds. The van der Waals surface area contributed by atoms with Crippen molar-refractivity contribution in [3.8, 4) is 0 Å². The normalized spacial score (nSPS) is 27.0. The highest BCUT2D eigenvalue weighted by atomic mass is 32.1. The molecule has 3 atom stereocenters. The van der Waals surface area contributed by atoms with E-state index in [1.807, 2.05) is 11.9 Å². The molecule has 114 valence electrons. The van der Waals surface area contributed by atoms with E-state index in [4.69, 9.17) is 0 Å². The van der Waals surface area contributed by atoms with Crippen LogP contribution in [-0.4, -0.2) is 24.3 Å². The molecule has 2 fully saturated rings. The van der Waals surface area contributed by atoms with Gasteiger partial charge >= 0.3 is 5.69 Å². The summed E-state index contributed by atoms with van der Waals surface area (Å²) in [6.45, 7) is 2.31. The predicted octanol–water partition coefficient (Wildman–Crippen LogP) is 3.73. The minimum Gasteiger partial charge on any atom is -0.361 e. The van der Waals surface area contributed by atoms with Gasteiger partial charge in [-0.15, -0.1) is 11.3 Å². The number of fused-ring (bicyclic) bond motifs is 2. The van der Waals surface area contributed by atoms with Gasteiger partial charge < -0.3 is 4.90 Å². The van der Waals surface area contributed by atoms with E-state index in [1.165, 1.54) is 50.0 Å². The van der Waals surface area contributed by atoms with Crippen LogP contribution < -0.4 is 4.90 Å². The Labute approximate surface area is 128 Å². The Morgan fingerprint density at radius 3 is 2.76 bits per heavy atom. The summed E-state index contributed by atoms with van der Waals surface area (Å²) in [5.41, 5.74) is 0.0656. The second-order valence-corrected chi connectivity index (χ2v) is 7.46. The van der Waals surface area contributed by atoms with E-state index in [9.17, 15) is 14.9 Å². The monoisotopic (exact) mass is 308 g/mol. The fraction of sp³-hybridized carbons (Fsp3) is 0.667. The maximum Gasteiger partial charge on any atom is 0.304 e. The van der Waals surface area contributed by atoms with E-state index in [2.05, 4.69) is 0 Å². The zero-order chi connectivity index (χ0) is 15.1. The number of nitro groups is 1. The van der Waals surface area contributed by atoms with Crippen LogP contribution in [0.3, 0.4) is 0 Å². The Morgan fingerprint density at radius 1 is 1.48 bits per heavy atom. The molecular weight excluding hydrogens is 288 g/mol. The smallest absolute Gasteiger partial charge is 0.304 e. The topological polar surface area (TPSA) is 63.4 Å². The molecule has 0 spiro atoms. The molecule has 21 heavy (non-hydrogen) atoms. The summed E-state index contributed by atoms with van der Waals surface area (Å²) >= 11 is 1.24. The Kier molecular flexibility index (Phi) is 3.73. The van der Waals surface area contributed by atoms with Crippen molar-refractivity contribution in [2.75, 3.05) is 18.5 Å². The molecule has 2 aliphatic rings. The summed E-state index contributed by atoms with van der Waals surface area (Å²) in [5.74, 6) is 2.21. The van der Waals surface area contributed by atoms with Crippen LogP contribution in [-0.2, 0) is 0 Å². The largest absolute Gasteiger partial charge is 0.361 e. The molecule has 3 rings (SSSR count). The average molecular weight is 308 g/mol. The molecule has 5 nitrogen and oxygen atoms in total. The number of thiophene rings is 1. The van der Waals surface area contributed by atoms with Gasteiger partial charge in [0.05, 0.1) is 9.80 Å². The van der Waals surface area contributed by atoms with Crippen LogP contribution in [0.2, 0.25) is 0 Å². The Hall–Kier alpha value is -1.43. The van der Waals surface area contributed by atoms with Crippen molar-refractivity contribution in [3.63, 3.8) is 0 Å². The molecule has 2 saturated carbocycles. The first-order valence-corrected chi connectivity index (χ1v) is 8.27.